The Morgan fingerprint density at radius 2 is 1.54 bits per heavy atom. The molecule has 2 atom stereocenters. The molecule has 0 fully saturated rings. The Hall–Kier alpha value is -1.17. The number of sulfone groups is 1. The zero-order valence-electron chi connectivity index (χ0n) is 15.4. The van der Waals surface area contributed by atoms with Gasteiger partial charge in [0.1, 0.15) is 5.75 Å². The minimum absolute atomic E-state index is 0.245. The number of hydrogen-bond donors (Lipinski definition) is 0. The van der Waals surface area contributed by atoms with E-state index in [9.17, 15) is 25.3 Å². The molecular formula is C15H25NO7S3. The van der Waals surface area contributed by atoms with E-state index < -0.39 is 47.6 Å². The second-order valence-electron chi connectivity index (χ2n) is 6.14. The van der Waals surface area contributed by atoms with Crippen molar-refractivity contribution < 1.29 is 30.0 Å². The standard InChI is InChI=1S/C15H25NO7S3/c1-6-14(12-8-7-9-13(10-12)23-2)15(24(3,17)18)11-16(25(4,19)20)26(5,21)22/h7-10,14-15H,6,11H2,1-5H3. The van der Waals surface area contributed by atoms with Crippen molar-refractivity contribution in [2.75, 3.05) is 32.4 Å². The van der Waals surface area contributed by atoms with Gasteiger partial charge in [0.25, 0.3) is 0 Å². The predicted molar refractivity (Wildman–Crippen MR) is 101 cm³/mol. The van der Waals surface area contributed by atoms with Crippen LogP contribution in [-0.2, 0) is 29.9 Å². The minimum atomic E-state index is -4.16. The second-order valence-corrected chi connectivity index (χ2v) is 12.4. The molecule has 0 amide bonds. The Morgan fingerprint density at radius 3 is 1.92 bits per heavy atom. The maximum atomic E-state index is 12.4. The lowest BCUT2D eigenvalue weighted by Gasteiger charge is -2.29. The third-order valence-electron chi connectivity index (χ3n) is 4.03. The van der Waals surface area contributed by atoms with Crippen molar-refractivity contribution in [3.05, 3.63) is 29.8 Å². The first kappa shape index (κ1) is 22.9. The maximum absolute atomic E-state index is 12.4. The fourth-order valence-electron chi connectivity index (χ4n) is 2.81. The molecule has 0 aliphatic heterocycles. The topological polar surface area (TPSA) is 115 Å². The molecule has 0 N–H and O–H groups in total. The number of sulfonamides is 2. The monoisotopic (exact) mass is 427 g/mol. The van der Waals surface area contributed by atoms with Gasteiger partial charge in [-0.3, -0.25) is 0 Å². The summed E-state index contributed by atoms with van der Waals surface area (Å²) in [7, 11) is -10.6. The van der Waals surface area contributed by atoms with Gasteiger partial charge in [-0.05, 0) is 24.1 Å². The molecule has 1 rings (SSSR count). The molecule has 0 saturated heterocycles. The fraction of sp³-hybridized carbons (Fsp3) is 0.600. The number of methoxy groups -OCH3 is 1. The van der Waals surface area contributed by atoms with E-state index in [0.717, 1.165) is 18.8 Å². The fourth-order valence-corrected chi connectivity index (χ4v) is 7.20. The average Bonchev–Trinajstić information content (AvgIpc) is 2.47. The summed E-state index contributed by atoms with van der Waals surface area (Å²) in [5.41, 5.74) is 0.629. The molecule has 1 aromatic carbocycles. The largest absolute Gasteiger partial charge is 0.497 e. The van der Waals surface area contributed by atoms with E-state index in [-0.39, 0.29) is 3.71 Å². The Kier molecular flexibility index (Phi) is 7.25. The van der Waals surface area contributed by atoms with E-state index >= 15 is 0 Å². The third-order valence-corrected chi connectivity index (χ3v) is 9.01. The van der Waals surface area contributed by atoms with Crippen LogP contribution >= 0.6 is 0 Å². The zero-order chi connectivity index (χ0) is 20.3. The van der Waals surface area contributed by atoms with Gasteiger partial charge in [0, 0.05) is 18.7 Å². The van der Waals surface area contributed by atoms with Gasteiger partial charge in [0.2, 0.25) is 20.0 Å². The number of nitrogens with zero attached hydrogens (tertiary/aromatic N) is 1. The highest BCUT2D eigenvalue weighted by Gasteiger charge is 2.38. The van der Waals surface area contributed by atoms with Gasteiger partial charge in [-0.25, -0.2) is 25.3 Å². The lowest BCUT2D eigenvalue weighted by Crippen LogP contribution is -2.45. The van der Waals surface area contributed by atoms with Crippen LogP contribution in [0.3, 0.4) is 0 Å². The SMILES string of the molecule is CCC(c1cccc(OC)c1)C(CN(S(C)(=O)=O)S(C)(=O)=O)S(C)(=O)=O. The van der Waals surface area contributed by atoms with Gasteiger partial charge in [-0.1, -0.05) is 22.8 Å². The van der Waals surface area contributed by atoms with E-state index in [0.29, 0.717) is 17.7 Å². The van der Waals surface area contributed by atoms with Crippen LogP contribution in [0.4, 0.5) is 0 Å². The van der Waals surface area contributed by atoms with Crippen molar-refractivity contribution in [1.29, 1.82) is 0 Å². The van der Waals surface area contributed by atoms with Crippen LogP contribution in [0.1, 0.15) is 24.8 Å². The number of rotatable bonds is 9. The molecular weight excluding hydrogens is 402 g/mol. The number of hydrogen-bond acceptors (Lipinski definition) is 7. The first-order valence-electron chi connectivity index (χ1n) is 7.72. The van der Waals surface area contributed by atoms with Crippen molar-refractivity contribution in [2.45, 2.75) is 24.5 Å². The van der Waals surface area contributed by atoms with E-state index in [1.807, 2.05) is 0 Å². The number of ether oxygens (including phenoxy) is 1. The van der Waals surface area contributed by atoms with Crippen LogP contribution in [0.25, 0.3) is 0 Å². The molecule has 0 aromatic heterocycles. The molecule has 0 spiro atoms. The smallest absolute Gasteiger partial charge is 0.224 e. The summed E-state index contributed by atoms with van der Waals surface area (Å²) < 4.78 is 77.9. The Morgan fingerprint density at radius 1 is 1.00 bits per heavy atom. The molecule has 8 nitrogen and oxygen atoms in total. The molecule has 26 heavy (non-hydrogen) atoms. The van der Waals surface area contributed by atoms with Gasteiger partial charge < -0.3 is 4.74 Å². The molecule has 0 bridgehead atoms. The summed E-state index contributed by atoms with van der Waals surface area (Å²) in [6.07, 6.45) is 2.81. The summed E-state index contributed by atoms with van der Waals surface area (Å²) in [6.45, 7) is 1.08. The van der Waals surface area contributed by atoms with Crippen molar-refractivity contribution >= 4 is 29.9 Å². The molecule has 11 heteroatoms. The summed E-state index contributed by atoms with van der Waals surface area (Å²) in [5.74, 6) is -0.0811. The van der Waals surface area contributed by atoms with Gasteiger partial charge in [0.05, 0.1) is 24.9 Å². The third kappa shape index (κ3) is 5.93. The summed E-state index contributed by atoms with van der Waals surface area (Å²) in [6, 6.07) is 6.77. The van der Waals surface area contributed by atoms with Crippen LogP contribution in [0.15, 0.2) is 24.3 Å². The normalized spacial score (nSPS) is 15.6. The second kappa shape index (κ2) is 8.24. The van der Waals surface area contributed by atoms with Crippen LogP contribution in [0.2, 0.25) is 0 Å². The number of benzene rings is 1. The van der Waals surface area contributed by atoms with E-state index in [4.69, 9.17) is 4.74 Å². The summed E-state index contributed by atoms with van der Waals surface area (Å²) >= 11 is 0. The highest BCUT2D eigenvalue weighted by atomic mass is 32.3. The summed E-state index contributed by atoms with van der Waals surface area (Å²) in [4.78, 5) is 0. The van der Waals surface area contributed by atoms with E-state index in [2.05, 4.69) is 0 Å². The quantitative estimate of drug-likeness (QED) is 0.573. The van der Waals surface area contributed by atoms with Crippen molar-refractivity contribution in [3.63, 3.8) is 0 Å². The Bertz CT molecular complexity index is 905. The lowest BCUT2D eigenvalue weighted by atomic mass is 9.92. The van der Waals surface area contributed by atoms with Crippen molar-refractivity contribution in [2.24, 2.45) is 0 Å². The predicted octanol–water partition coefficient (Wildman–Crippen LogP) is 0.823. The lowest BCUT2D eigenvalue weighted by molar-refractivity contribution is 0.412. The van der Waals surface area contributed by atoms with E-state index in [1.165, 1.54) is 7.11 Å². The van der Waals surface area contributed by atoms with Crippen LogP contribution in [0, 0.1) is 0 Å². The molecule has 150 valence electrons. The van der Waals surface area contributed by atoms with Gasteiger partial charge >= 0.3 is 0 Å². The molecule has 1 aromatic rings. The van der Waals surface area contributed by atoms with Gasteiger partial charge in [0.15, 0.2) is 9.84 Å². The van der Waals surface area contributed by atoms with Crippen molar-refractivity contribution in [1.82, 2.24) is 3.71 Å². The first-order valence-corrected chi connectivity index (χ1v) is 13.4. The van der Waals surface area contributed by atoms with Crippen LogP contribution in [-0.4, -0.2) is 66.6 Å². The molecule has 0 radical (unpaired) electrons. The highest BCUT2D eigenvalue weighted by Crippen LogP contribution is 2.31. The molecule has 0 aliphatic rings. The molecule has 2 unspecified atom stereocenters. The highest BCUT2D eigenvalue weighted by molar-refractivity contribution is 8.03. The van der Waals surface area contributed by atoms with Crippen molar-refractivity contribution in [3.8, 4) is 5.75 Å². The molecule has 0 saturated carbocycles. The van der Waals surface area contributed by atoms with Crippen LogP contribution in [0.5, 0.6) is 5.75 Å². The minimum Gasteiger partial charge on any atom is -0.497 e. The Labute approximate surface area is 156 Å². The summed E-state index contributed by atoms with van der Waals surface area (Å²) in [5, 5.41) is -1.23. The first-order chi connectivity index (χ1) is 11.7. The molecule has 0 aliphatic carbocycles. The molecule has 0 heterocycles. The maximum Gasteiger partial charge on any atom is 0.224 e. The van der Waals surface area contributed by atoms with Gasteiger partial charge in [-0.2, -0.15) is 0 Å². The Balaban J connectivity index is 3.49. The van der Waals surface area contributed by atoms with Gasteiger partial charge in [-0.15, -0.1) is 0 Å². The van der Waals surface area contributed by atoms with Crippen LogP contribution < -0.4 is 4.74 Å². The zero-order valence-corrected chi connectivity index (χ0v) is 17.9. The van der Waals surface area contributed by atoms with E-state index in [1.54, 1.807) is 31.2 Å². The average molecular weight is 428 g/mol.